The number of benzene rings is 1. The minimum atomic E-state index is -0.551. The van der Waals surface area contributed by atoms with Crippen molar-refractivity contribution in [3.63, 3.8) is 0 Å². The first-order chi connectivity index (χ1) is 11.7. The third-order valence-electron chi connectivity index (χ3n) is 3.84. The van der Waals surface area contributed by atoms with Gasteiger partial charge in [0.1, 0.15) is 6.10 Å². The molecule has 24 heavy (non-hydrogen) atoms. The summed E-state index contributed by atoms with van der Waals surface area (Å²) < 4.78 is 1.20. The standard InChI is InChI=1S/C18H21N3OS2/c1-12-7-8-23-17(12)11-21-18(19-2)20-10-14(22)16-9-13-5-3-4-6-15(13)24-16/h3-9,14,22H,10-11H2,1-2H3,(H2,19,20,21). The van der Waals surface area contributed by atoms with Crippen LogP contribution in [0.4, 0.5) is 0 Å². The van der Waals surface area contributed by atoms with Crippen molar-refractivity contribution in [1.29, 1.82) is 0 Å². The number of rotatable bonds is 5. The molecule has 0 bridgehead atoms. The molecule has 0 amide bonds. The van der Waals surface area contributed by atoms with E-state index in [2.05, 4.69) is 52.2 Å². The normalized spacial score (nSPS) is 13.2. The highest BCUT2D eigenvalue weighted by Crippen LogP contribution is 2.29. The van der Waals surface area contributed by atoms with E-state index < -0.39 is 6.10 Å². The average Bonchev–Trinajstić information content (AvgIpc) is 3.20. The Balaban J connectivity index is 1.55. The Kier molecular flexibility index (Phi) is 5.50. The molecular weight excluding hydrogens is 338 g/mol. The fraction of sp³-hybridized carbons (Fsp3) is 0.278. The summed E-state index contributed by atoms with van der Waals surface area (Å²) in [6.45, 7) is 3.27. The molecule has 0 aliphatic heterocycles. The van der Waals surface area contributed by atoms with Gasteiger partial charge in [-0.2, -0.15) is 0 Å². The minimum absolute atomic E-state index is 0.427. The highest BCUT2D eigenvalue weighted by atomic mass is 32.1. The van der Waals surface area contributed by atoms with Crippen molar-refractivity contribution in [3.8, 4) is 0 Å². The second kappa shape index (κ2) is 7.79. The first-order valence-corrected chi connectivity index (χ1v) is 9.51. The molecule has 3 N–H and O–H groups in total. The lowest BCUT2D eigenvalue weighted by atomic mass is 10.2. The number of guanidine groups is 1. The predicted molar refractivity (Wildman–Crippen MR) is 104 cm³/mol. The van der Waals surface area contributed by atoms with E-state index in [0.717, 1.165) is 11.4 Å². The van der Waals surface area contributed by atoms with Gasteiger partial charge in [-0.25, -0.2) is 0 Å². The number of aliphatic hydroxyl groups is 1. The molecule has 126 valence electrons. The summed E-state index contributed by atoms with van der Waals surface area (Å²) in [7, 11) is 1.74. The molecule has 1 aromatic carbocycles. The van der Waals surface area contributed by atoms with Crippen LogP contribution < -0.4 is 10.6 Å². The van der Waals surface area contributed by atoms with Gasteiger partial charge in [-0.1, -0.05) is 18.2 Å². The Morgan fingerprint density at radius 2 is 2.08 bits per heavy atom. The third kappa shape index (κ3) is 3.95. The van der Waals surface area contributed by atoms with Gasteiger partial charge >= 0.3 is 0 Å². The molecule has 0 radical (unpaired) electrons. The second-order valence-corrected chi connectivity index (χ2v) is 7.65. The summed E-state index contributed by atoms with van der Waals surface area (Å²) in [4.78, 5) is 6.48. The zero-order valence-electron chi connectivity index (χ0n) is 13.7. The number of aryl methyl sites for hydroxylation is 1. The first-order valence-electron chi connectivity index (χ1n) is 7.81. The Labute approximate surface area is 149 Å². The van der Waals surface area contributed by atoms with Crippen LogP contribution in [0.1, 0.15) is 21.4 Å². The summed E-state index contributed by atoms with van der Waals surface area (Å²) in [5.41, 5.74) is 1.29. The van der Waals surface area contributed by atoms with Crippen molar-refractivity contribution < 1.29 is 5.11 Å². The van der Waals surface area contributed by atoms with Crippen molar-refractivity contribution in [2.24, 2.45) is 4.99 Å². The van der Waals surface area contributed by atoms with E-state index in [1.54, 1.807) is 29.7 Å². The van der Waals surface area contributed by atoms with E-state index in [1.165, 1.54) is 20.5 Å². The van der Waals surface area contributed by atoms with Gasteiger partial charge < -0.3 is 15.7 Å². The molecule has 0 saturated heterocycles. The third-order valence-corrected chi connectivity index (χ3v) is 6.08. The molecule has 1 atom stereocenters. The lowest BCUT2D eigenvalue weighted by Crippen LogP contribution is -2.38. The molecule has 1 unspecified atom stereocenters. The summed E-state index contributed by atoms with van der Waals surface area (Å²) in [6.07, 6.45) is -0.551. The van der Waals surface area contributed by atoms with E-state index >= 15 is 0 Å². The van der Waals surface area contributed by atoms with Crippen molar-refractivity contribution >= 4 is 38.7 Å². The van der Waals surface area contributed by atoms with Crippen LogP contribution in [0.25, 0.3) is 10.1 Å². The highest BCUT2D eigenvalue weighted by Gasteiger charge is 2.12. The molecule has 0 aliphatic carbocycles. The van der Waals surface area contributed by atoms with Gasteiger partial charge in [0, 0.05) is 28.0 Å². The maximum absolute atomic E-state index is 10.4. The average molecular weight is 360 g/mol. The Hall–Kier alpha value is -1.89. The molecule has 0 aliphatic rings. The first kappa shape index (κ1) is 17.0. The van der Waals surface area contributed by atoms with Crippen LogP contribution in [0.5, 0.6) is 0 Å². The van der Waals surface area contributed by atoms with Crippen LogP contribution in [0.3, 0.4) is 0 Å². The molecule has 6 heteroatoms. The molecule has 2 aromatic heterocycles. The molecule has 3 aromatic rings. The van der Waals surface area contributed by atoms with Crippen LogP contribution in [-0.4, -0.2) is 24.7 Å². The van der Waals surface area contributed by atoms with Crippen LogP contribution in [0.2, 0.25) is 0 Å². The van der Waals surface area contributed by atoms with E-state index in [-0.39, 0.29) is 0 Å². The number of fused-ring (bicyclic) bond motifs is 1. The monoisotopic (exact) mass is 359 g/mol. The van der Waals surface area contributed by atoms with Crippen molar-refractivity contribution in [3.05, 3.63) is 57.1 Å². The van der Waals surface area contributed by atoms with Crippen LogP contribution in [0.15, 0.2) is 46.8 Å². The molecule has 0 fully saturated rings. The van der Waals surface area contributed by atoms with Gasteiger partial charge in [-0.05, 0) is 41.5 Å². The number of nitrogens with one attached hydrogen (secondary N) is 2. The van der Waals surface area contributed by atoms with Gasteiger partial charge in [0.15, 0.2) is 5.96 Å². The predicted octanol–water partition coefficient (Wildman–Crippen LogP) is 3.67. The van der Waals surface area contributed by atoms with Gasteiger partial charge in [0.05, 0.1) is 6.54 Å². The summed E-state index contributed by atoms with van der Waals surface area (Å²) in [5.74, 6) is 0.697. The van der Waals surface area contributed by atoms with Gasteiger partial charge in [0.2, 0.25) is 0 Å². The lowest BCUT2D eigenvalue weighted by Gasteiger charge is -2.14. The molecule has 0 saturated carbocycles. The number of hydrogen-bond acceptors (Lipinski definition) is 4. The molecule has 0 spiro atoms. The van der Waals surface area contributed by atoms with Crippen molar-refractivity contribution in [2.75, 3.05) is 13.6 Å². The fourth-order valence-corrected chi connectivity index (χ4v) is 4.33. The van der Waals surface area contributed by atoms with E-state index in [0.29, 0.717) is 12.5 Å². The maximum Gasteiger partial charge on any atom is 0.191 e. The summed E-state index contributed by atoms with van der Waals surface area (Å²) in [5, 5.41) is 20.2. The van der Waals surface area contributed by atoms with Crippen molar-refractivity contribution in [2.45, 2.75) is 19.6 Å². The van der Waals surface area contributed by atoms with Crippen LogP contribution in [0, 0.1) is 6.92 Å². The molecule has 2 heterocycles. The topological polar surface area (TPSA) is 56.7 Å². The molecule has 3 rings (SSSR count). The Morgan fingerprint density at radius 3 is 2.79 bits per heavy atom. The van der Waals surface area contributed by atoms with E-state index in [4.69, 9.17) is 0 Å². The number of hydrogen-bond donors (Lipinski definition) is 3. The zero-order valence-corrected chi connectivity index (χ0v) is 15.4. The quantitative estimate of drug-likeness (QED) is 0.481. The highest BCUT2D eigenvalue weighted by molar-refractivity contribution is 7.19. The smallest absolute Gasteiger partial charge is 0.191 e. The molecular formula is C18H21N3OS2. The van der Waals surface area contributed by atoms with Crippen LogP contribution in [-0.2, 0) is 6.54 Å². The summed E-state index contributed by atoms with van der Waals surface area (Å²) >= 11 is 3.36. The van der Waals surface area contributed by atoms with Gasteiger partial charge in [-0.15, -0.1) is 22.7 Å². The zero-order chi connectivity index (χ0) is 16.9. The fourth-order valence-electron chi connectivity index (χ4n) is 2.43. The van der Waals surface area contributed by atoms with E-state index in [9.17, 15) is 5.11 Å². The second-order valence-electron chi connectivity index (χ2n) is 5.54. The largest absolute Gasteiger partial charge is 0.386 e. The van der Waals surface area contributed by atoms with Gasteiger partial charge in [-0.3, -0.25) is 4.99 Å². The lowest BCUT2D eigenvalue weighted by molar-refractivity contribution is 0.184. The number of aliphatic hydroxyl groups excluding tert-OH is 1. The minimum Gasteiger partial charge on any atom is -0.386 e. The molecule has 4 nitrogen and oxygen atoms in total. The van der Waals surface area contributed by atoms with Crippen LogP contribution >= 0.6 is 22.7 Å². The Bertz CT molecular complexity index is 805. The number of aliphatic imine (C=N–C) groups is 1. The maximum atomic E-state index is 10.4. The Morgan fingerprint density at radius 1 is 1.25 bits per heavy atom. The number of nitrogens with zero attached hydrogens (tertiary/aromatic N) is 1. The number of thiophene rings is 2. The van der Waals surface area contributed by atoms with Crippen molar-refractivity contribution in [1.82, 2.24) is 10.6 Å². The summed E-state index contributed by atoms with van der Waals surface area (Å²) in [6, 6.07) is 12.3. The van der Waals surface area contributed by atoms with E-state index in [1.807, 2.05) is 12.1 Å². The SMILES string of the molecule is CN=C(NCc1sccc1C)NCC(O)c1cc2ccccc2s1. The van der Waals surface area contributed by atoms with Gasteiger partial charge in [0.25, 0.3) is 0 Å².